The molecular formula is C18H23ClN2O3. The standard InChI is InChI=1S/C18H23ClN2O3/c1-18(2)17(23)21(14-11-12(19)7-8-15(14)24-18)10-9-16(22)20-13-5-3-4-6-13/h7-8,11,13H,3-6,9-10H2,1-2H3,(H,20,22). The summed E-state index contributed by atoms with van der Waals surface area (Å²) in [6.45, 7) is 3.79. The minimum atomic E-state index is -0.956. The molecule has 1 heterocycles. The van der Waals surface area contributed by atoms with E-state index in [1.54, 1.807) is 36.9 Å². The second-order valence-corrected chi connectivity index (χ2v) is 7.42. The molecule has 1 aliphatic heterocycles. The third-order valence-corrected chi connectivity index (χ3v) is 4.85. The summed E-state index contributed by atoms with van der Waals surface area (Å²) < 4.78 is 5.78. The van der Waals surface area contributed by atoms with Crippen molar-refractivity contribution >= 4 is 29.1 Å². The van der Waals surface area contributed by atoms with Crippen molar-refractivity contribution in [3.63, 3.8) is 0 Å². The van der Waals surface area contributed by atoms with E-state index in [-0.39, 0.29) is 24.3 Å². The van der Waals surface area contributed by atoms with Gasteiger partial charge in [-0.1, -0.05) is 24.4 Å². The molecular weight excluding hydrogens is 328 g/mol. The minimum absolute atomic E-state index is 0.0115. The molecule has 1 aliphatic carbocycles. The SMILES string of the molecule is CC1(C)Oc2ccc(Cl)cc2N(CCC(=O)NC2CCCC2)C1=O. The molecule has 5 nitrogen and oxygen atoms in total. The molecule has 0 spiro atoms. The average Bonchev–Trinajstić information content (AvgIpc) is 3.01. The molecule has 0 saturated heterocycles. The number of carbonyl (C=O) groups excluding carboxylic acids is 2. The molecule has 0 atom stereocenters. The van der Waals surface area contributed by atoms with Gasteiger partial charge in [0, 0.05) is 24.0 Å². The van der Waals surface area contributed by atoms with Crippen molar-refractivity contribution in [2.45, 2.75) is 57.6 Å². The largest absolute Gasteiger partial charge is 0.476 e. The number of anilines is 1. The maximum Gasteiger partial charge on any atom is 0.270 e. The first-order chi connectivity index (χ1) is 11.4. The van der Waals surface area contributed by atoms with Crippen molar-refractivity contribution in [1.82, 2.24) is 5.32 Å². The first-order valence-electron chi connectivity index (χ1n) is 8.47. The lowest BCUT2D eigenvalue weighted by Crippen LogP contribution is -2.53. The zero-order valence-electron chi connectivity index (χ0n) is 14.1. The summed E-state index contributed by atoms with van der Waals surface area (Å²) in [4.78, 5) is 26.5. The fourth-order valence-electron chi connectivity index (χ4n) is 3.35. The van der Waals surface area contributed by atoms with Gasteiger partial charge in [0.05, 0.1) is 5.69 Å². The molecule has 1 saturated carbocycles. The fraction of sp³-hybridized carbons (Fsp3) is 0.556. The molecule has 2 aliphatic rings. The fourth-order valence-corrected chi connectivity index (χ4v) is 3.51. The van der Waals surface area contributed by atoms with Gasteiger partial charge in [-0.25, -0.2) is 0 Å². The van der Waals surface area contributed by atoms with Crippen molar-refractivity contribution in [3.8, 4) is 5.75 Å². The van der Waals surface area contributed by atoms with Crippen LogP contribution in [0.5, 0.6) is 5.75 Å². The monoisotopic (exact) mass is 350 g/mol. The molecule has 1 fully saturated rings. The lowest BCUT2D eigenvalue weighted by atomic mass is 10.0. The molecule has 1 aromatic carbocycles. The number of ether oxygens (including phenoxy) is 1. The second-order valence-electron chi connectivity index (χ2n) is 6.98. The van der Waals surface area contributed by atoms with Gasteiger partial charge >= 0.3 is 0 Å². The Balaban J connectivity index is 1.72. The molecule has 24 heavy (non-hydrogen) atoms. The maximum atomic E-state index is 12.7. The van der Waals surface area contributed by atoms with Crippen LogP contribution in [0.3, 0.4) is 0 Å². The number of amides is 2. The van der Waals surface area contributed by atoms with E-state index in [4.69, 9.17) is 16.3 Å². The summed E-state index contributed by atoms with van der Waals surface area (Å²) in [6, 6.07) is 5.49. The molecule has 0 aromatic heterocycles. The molecule has 130 valence electrons. The first kappa shape index (κ1) is 17.1. The van der Waals surface area contributed by atoms with E-state index in [1.165, 1.54) is 12.8 Å². The average molecular weight is 351 g/mol. The van der Waals surface area contributed by atoms with Crippen LogP contribution < -0.4 is 15.0 Å². The van der Waals surface area contributed by atoms with Crippen molar-refractivity contribution in [2.24, 2.45) is 0 Å². The van der Waals surface area contributed by atoms with Crippen LogP contribution in [0.1, 0.15) is 46.0 Å². The summed E-state index contributed by atoms with van der Waals surface area (Å²) in [6.07, 6.45) is 4.71. The number of benzene rings is 1. The predicted octanol–water partition coefficient (Wildman–Crippen LogP) is 3.29. The molecule has 0 radical (unpaired) electrons. The van der Waals surface area contributed by atoms with Gasteiger partial charge in [-0.2, -0.15) is 0 Å². The maximum absolute atomic E-state index is 12.7. The van der Waals surface area contributed by atoms with Gasteiger partial charge in [0.25, 0.3) is 5.91 Å². The number of rotatable bonds is 4. The van der Waals surface area contributed by atoms with Gasteiger partial charge in [-0.05, 0) is 44.9 Å². The highest BCUT2D eigenvalue weighted by Gasteiger charge is 2.41. The summed E-state index contributed by atoms with van der Waals surface area (Å²) in [7, 11) is 0. The Morgan fingerprint density at radius 3 is 2.79 bits per heavy atom. The van der Waals surface area contributed by atoms with Gasteiger partial charge in [0.15, 0.2) is 5.60 Å². The third kappa shape index (κ3) is 3.51. The molecule has 2 amide bonds. The molecule has 0 unspecified atom stereocenters. The molecule has 1 N–H and O–H groups in total. The highest BCUT2D eigenvalue weighted by atomic mass is 35.5. The summed E-state index contributed by atoms with van der Waals surface area (Å²) in [5.74, 6) is 0.439. The topological polar surface area (TPSA) is 58.6 Å². The van der Waals surface area contributed by atoms with Gasteiger partial charge in [0.1, 0.15) is 5.75 Å². The van der Waals surface area contributed by atoms with Crippen LogP contribution in [0, 0.1) is 0 Å². The molecule has 0 bridgehead atoms. The number of hydrogen-bond acceptors (Lipinski definition) is 3. The van der Waals surface area contributed by atoms with Crippen LogP contribution in [0.2, 0.25) is 5.02 Å². The van der Waals surface area contributed by atoms with Crippen LogP contribution >= 0.6 is 11.6 Å². The van der Waals surface area contributed by atoms with Crippen molar-refractivity contribution in [2.75, 3.05) is 11.4 Å². The Morgan fingerprint density at radius 2 is 2.08 bits per heavy atom. The lowest BCUT2D eigenvalue weighted by molar-refractivity contribution is -0.132. The van der Waals surface area contributed by atoms with E-state index >= 15 is 0 Å². The van der Waals surface area contributed by atoms with Crippen molar-refractivity contribution < 1.29 is 14.3 Å². The molecule has 3 rings (SSSR count). The Labute approximate surface area is 147 Å². The number of nitrogens with zero attached hydrogens (tertiary/aromatic N) is 1. The summed E-state index contributed by atoms with van der Waals surface area (Å²) in [5, 5.41) is 3.59. The highest BCUT2D eigenvalue weighted by Crippen LogP contribution is 2.39. The van der Waals surface area contributed by atoms with E-state index in [9.17, 15) is 9.59 Å². The van der Waals surface area contributed by atoms with E-state index in [1.807, 2.05) is 0 Å². The van der Waals surface area contributed by atoms with Gasteiger partial charge in [0.2, 0.25) is 5.91 Å². The van der Waals surface area contributed by atoms with Crippen LogP contribution in [-0.4, -0.2) is 30.0 Å². The van der Waals surface area contributed by atoms with Crippen molar-refractivity contribution in [1.29, 1.82) is 0 Å². The number of halogens is 1. The number of fused-ring (bicyclic) bond motifs is 1. The van der Waals surface area contributed by atoms with E-state index in [2.05, 4.69) is 5.32 Å². The smallest absolute Gasteiger partial charge is 0.270 e. The van der Waals surface area contributed by atoms with E-state index in [0.29, 0.717) is 23.0 Å². The minimum Gasteiger partial charge on any atom is -0.476 e. The Kier molecular flexibility index (Phi) is 4.72. The van der Waals surface area contributed by atoms with E-state index in [0.717, 1.165) is 12.8 Å². The van der Waals surface area contributed by atoms with Crippen molar-refractivity contribution in [3.05, 3.63) is 23.2 Å². The Morgan fingerprint density at radius 1 is 1.38 bits per heavy atom. The summed E-state index contributed by atoms with van der Waals surface area (Å²) in [5.41, 5.74) is -0.330. The van der Waals surface area contributed by atoms with Crippen LogP contribution in [-0.2, 0) is 9.59 Å². The Bertz CT molecular complexity index is 654. The first-order valence-corrected chi connectivity index (χ1v) is 8.84. The van der Waals surface area contributed by atoms with Crippen LogP contribution in [0.15, 0.2) is 18.2 Å². The van der Waals surface area contributed by atoms with Crippen LogP contribution in [0.25, 0.3) is 0 Å². The lowest BCUT2D eigenvalue weighted by Gasteiger charge is -2.38. The zero-order valence-corrected chi connectivity index (χ0v) is 14.9. The Hall–Kier alpha value is -1.75. The molecule has 1 aromatic rings. The highest BCUT2D eigenvalue weighted by molar-refractivity contribution is 6.31. The zero-order chi connectivity index (χ0) is 17.3. The third-order valence-electron chi connectivity index (χ3n) is 4.62. The van der Waals surface area contributed by atoms with E-state index < -0.39 is 5.60 Å². The second kappa shape index (κ2) is 6.63. The van der Waals surface area contributed by atoms with Gasteiger partial charge in [-0.3, -0.25) is 9.59 Å². The quantitative estimate of drug-likeness (QED) is 0.906. The normalized spacial score (nSPS) is 19.8. The van der Waals surface area contributed by atoms with Crippen LogP contribution in [0.4, 0.5) is 5.69 Å². The number of hydrogen-bond donors (Lipinski definition) is 1. The number of nitrogens with one attached hydrogen (secondary N) is 1. The summed E-state index contributed by atoms with van der Waals surface area (Å²) >= 11 is 6.06. The molecule has 6 heteroatoms. The van der Waals surface area contributed by atoms with Gasteiger partial charge < -0.3 is 15.0 Å². The number of carbonyl (C=O) groups is 2. The predicted molar refractivity (Wildman–Crippen MR) is 93.5 cm³/mol. The van der Waals surface area contributed by atoms with Gasteiger partial charge in [-0.15, -0.1) is 0 Å².